The number of benzene rings is 2. The van der Waals surface area contributed by atoms with Crippen LogP contribution in [0.15, 0.2) is 61.2 Å². The Morgan fingerprint density at radius 2 is 1.81 bits per heavy atom. The zero-order chi connectivity index (χ0) is 29.8. The number of aliphatic hydroxyl groups excluding tert-OH is 3. The molecule has 0 unspecified atom stereocenters. The summed E-state index contributed by atoms with van der Waals surface area (Å²) in [6.07, 6.45) is 1.21. The van der Waals surface area contributed by atoms with Gasteiger partial charge in [-0.15, -0.1) is 0 Å². The molecule has 4 atom stereocenters. The van der Waals surface area contributed by atoms with Crippen LogP contribution in [0.2, 0.25) is 0 Å². The second-order valence-corrected chi connectivity index (χ2v) is 9.82. The zero-order valence-corrected chi connectivity index (χ0v) is 22.7. The van der Waals surface area contributed by atoms with Gasteiger partial charge in [-0.2, -0.15) is 0 Å². The molecule has 2 aliphatic heterocycles. The van der Waals surface area contributed by atoms with E-state index < -0.39 is 31.1 Å². The second kappa shape index (κ2) is 12.5. The van der Waals surface area contributed by atoms with Crippen LogP contribution in [0.1, 0.15) is 62.6 Å². The monoisotopic (exact) mass is 574 g/mol. The molecule has 0 aliphatic carbocycles. The van der Waals surface area contributed by atoms with E-state index in [1.165, 1.54) is 17.2 Å². The summed E-state index contributed by atoms with van der Waals surface area (Å²) in [5, 5.41) is 34.4. The molecule has 13 nitrogen and oxygen atoms in total. The van der Waals surface area contributed by atoms with Crippen molar-refractivity contribution in [2.75, 3.05) is 11.9 Å². The molecule has 13 heteroatoms. The molecule has 3 amide bonds. The van der Waals surface area contributed by atoms with Crippen LogP contribution in [0.25, 0.3) is 11.2 Å². The normalized spacial score (nSPS) is 21.0. The predicted octanol–water partition coefficient (Wildman–Crippen LogP) is 1.60. The zero-order valence-electron chi connectivity index (χ0n) is 22.7. The van der Waals surface area contributed by atoms with Crippen molar-refractivity contribution >= 4 is 34.7 Å². The molecule has 0 radical (unpaired) electrons. The van der Waals surface area contributed by atoms with Crippen LogP contribution in [-0.2, 0) is 11.2 Å². The largest absolute Gasteiger partial charge is 0.394 e. The number of imidazole rings is 1. The smallest absolute Gasteiger partial charge is 0.259 e. The Morgan fingerprint density at radius 1 is 1.02 bits per heavy atom. The van der Waals surface area contributed by atoms with Gasteiger partial charge in [0.1, 0.15) is 24.6 Å². The number of ether oxygens (including phenoxy) is 1. The third kappa shape index (κ3) is 5.63. The first kappa shape index (κ1) is 29.0. The SMILES string of the molecule is CCCCc1cccc2c1C(=O)NC2=O.O=C(Nc1ncnc2c1ncn2[C@@H]1O[C@H](CO)[C@@H](O)[C@H]1O)c1ccccc1. The molecule has 4 aromatic rings. The van der Waals surface area contributed by atoms with Gasteiger partial charge in [0.25, 0.3) is 17.7 Å². The molecule has 218 valence electrons. The van der Waals surface area contributed by atoms with E-state index in [1.807, 2.05) is 18.2 Å². The van der Waals surface area contributed by atoms with Crippen molar-refractivity contribution in [1.29, 1.82) is 0 Å². The average molecular weight is 575 g/mol. The number of hydrogen-bond donors (Lipinski definition) is 5. The topological polar surface area (TPSA) is 189 Å². The Labute approximate surface area is 240 Å². The fourth-order valence-corrected chi connectivity index (χ4v) is 4.87. The van der Waals surface area contributed by atoms with Crippen molar-refractivity contribution in [3.63, 3.8) is 0 Å². The lowest BCUT2D eigenvalue weighted by atomic mass is 9.99. The molecular formula is C29H30N6O7. The van der Waals surface area contributed by atoms with Crippen LogP contribution in [0, 0.1) is 0 Å². The number of nitrogens with one attached hydrogen (secondary N) is 2. The maximum atomic E-state index is 12.4. The molecule has 5 N–H and O–H groups in total. The molecule has 6 rings (SSSR count). The van der Waals surface area contributed by atoms with Crippen LogP contribution in [-0.4, -0.2) is 77.5 Å². The predicted molar refractivity (Wildman–Crippen MR) is 150 cm³/mol. The molecule has 0 spiro atoms. The Kier molecular flexibility index (Phi) is 8.64. The van der Waals surface area contributed by atoms with Gasteiger partial charge in [0, 0.05) is 5.56 Å². The van der Waals surface area contributed by atoms with Gasteiger partial charge in [-0.1, -0.05) is 43.7 Å². The first-order chi connectivity index (χ1) is 20.3. The summed E-state index contributed by atoms with van der Waals surface area (Å²) in [4.78, 5) is 47.7. The van der Waals surface area contributed by atoms with E-state index in [9.17, 15) is 29.7 Å². The Balaban J connectivity index is 0.000000199. The number of unbranched alkanes of at least 4 members (excludes halogenated alkanes) is 1. The first-order valence-electron chi connectivity index (χ1n) is 13.5. The molecule has 4 heterocycles. The van der Waals surface area contributed by atoms with Crippen LogP contribution in [0.3, 0.4) is 0 Å². The van der Waals surface area contributed by atoms with Crippen LogP contribution in [0.5, 0.6) is 0 Å². The minimum absolute atomic E-state index is 0.208. The van der Waals surface area contributed by atoms with E-state index in [0.717, 1.165) is 24.8 Å². The molecule has 0 saturated carbocycles. The van der Waals surface area contributed by atoms with Crippen molar-refractivity contribution in [2.24, 2.45) is 0 Å². The van der Waals surface area contributed by atoms with E-state index in [1.54, 1.807) is 30.3 Å². The molecular weight excluding hydrogens is 544 g/mol. The maximum absolute atomic E-state index is 12.4. The Morgan fingerprint density at radius 3 is 2.52 bits per heavy atom. The highest BCUT2D eigenvalue weighted by Gasteiger charge is 2.44. The van der Waals surface area contributed by atoms with Gasteiger partial charge in [-0.3, -0.25) is 24.3 Å². The minimum Gasteiger partial charge on any atom is -0.394 e. The van der Waals surface area contributed by atoms with Gasteiger partial charge in [0.15, 0.2) is 23.2 Å². The second-order valence-electron chi connectivity index (χ2n) is 9.82. The number of carbonyl (C=O) groups excluding carboxylic acids is 3. The molecule has 2 aliphatic rings. The number of aromatic nitrogens is 4. The van der Waals surface area contributed by atoms with Crippen molar-refractivity contribution < 1.29 is 34.4 Å². The Hall–Kier alpha value is -4.56. The fourth-order valence-electron chi connectivity index (χ4n) is 4.87. The summed E-state index contributed by atoms with van der Waals surface area (Å²) < 4.78 is 6.93. The van der Waals surface area contributed by atoms with E-state index >= 15 is 0 Å². The molecule has 2 aromatic carbocycles. The fraction of sp³-hybridized carbons (Fsp3) is 0.310. The number of hydrogen-bond acceptors (Lipinski definition) is 10. The summed E-state index contributed by atoms with van der Waals surface area (Å²) in [5.74, 6) is -0.660. The highest BCUT2D eigenvalue weighted by atomic mass is 16.6. The summed E-state index contributed by atoms with van der Waals surface area (Å²) in [5.41, 5.74) is 3.16. The van der Waals surface area contributed by atoms with Gasteiger partial charge >= 0.3 is 0 Å². The summed E-state index contributed by atoms with van der Waals surface area (Å²) in [6, 6.07) is 14.1. The lowest BCUT2D eigenvalue weighted by Gasteiger charge is -2.16. The number of nitrogens with zero attached hydrogens (tertiary/aromatic N) is 4. The van der Waals surface area contributed by atoms with Gasteiger partial charge in [-0.25, -0.2) is 15.0 Å². The number of anilines is 1. The number of carbonyl (C=O) groups is 3. The molecule has 0 bridgehead atoms. The molecule has 1 fully saturated rings. The highest BCUT2D eigenvalue weighted by Crippen LogP contribution is 2.32. The van der Waals surface area contributed by atoms with E-state index in [-0.39, 0.29) is 23.5 Å². The standard InChI is InChI=1S/C17H17N5O5.C12H13NO2/c23-6-10-12(24)13(25)17(27-10)22-8-20-11-14(18-7-19-15(11)22)21-16(26)9-4-2-1-3-5-9;1-2-3-5-8-6-4-7-9-10(8)12(15)13-11(9)14/h1-5,7-8,10,12-13,17,23-25H,6H2,(H,18,19,21,26);4,6-7H,2-3,5H2,1H3,(H,13,14,15)/t10-,12-,13-,17-;/m1./s1. The lowest BCUT2D eigenvalue weighted by molar-refractivity contribution is -0.0511. The van der Waals surface area contributed by atoms with E-state index in [0.29, 0.717) is 27.9 Å². The first-order valence-corrected chi connectivity index (χ1v) is 13.5. The van der Waals surface area contributed by atoms with Gasteiger partial charge in [0.05, 0.1) is 24.1 Å². The number of aryl methyl sites for hydroxylation is 1. The molecule has 1 saturated heterocycles. The quantitative estimate of drug-likeness (QED) is 0.203. The number of rotatable bonds is 7. The average Bonchev–Trinajstić information content (AvgIpc) is 3.66. The number of imide groups is 1. The van der Waals surface area contributed by atoms with Gasteiger partial charge in [-0.05, 0) is 36.6 Å². The number of amides is 3. The third-order valence-electron chi connectivity index (χ3n) is 7.07. The highest BCUT2D eigenvalue weighted by molar-refractivity contribution is 6.22. The number of aliphatic hydroxyl groups is 3. The van der Waals surface area contributed by atoms with Gasteiger partial charge in [0.2, 0.25) is 0 Å². The van der Waals surface area contributed by atoms with Crippen molar-refractivity contribution in [2.45, 2.75) is 50.7 Å². The third-order valence-corrected chi connectivity index (χ3v) is 7.07. The lowest BCUT2D eigenvalue weighted by Crippen LogP contribution is -2.33. The summed E-state index contributed by atoms with van der Waals surface area (Å²) in [6.45, 7) is 1.67. The van der Waals surface area contributed by atoms with E-state index in [4.69, 9.17) is 4.74 Å². The minimum atomic E-state index is -1.27. The van der Waals surface area contributed by atoms with Crippen molar-refractivity contribution in [3.8, 4) is 0 Å². The van der Waals surface area contributed by atoms with Crippen LogP contribution >= 0.6 is 0 Å². The summed E-state index contributed by atoms with van der Waals surface area (Å²) in [7, 11) is 0. The van der Waals surface area contributed by atoms with Crippen LogP contribution < -0.4 is 10.6 Å². The van der Waals surface area contributed by atoms with Crippen molar-refractivity contribution in [3.05, 3.63) is 83.4 Å². The van der Waals surface area contributed by atoms with E-state index in [2.05, 4.69) is 32.5 Å². The number of fused-ring (bicyclic) bond motifs is 2. The van der Waals surface area contributed by atoms with Gasteiger partial charge < -0.3 is 25.4 Å². The summed E-state index contributed by atoms with van der Waals surface area (Å²) >= 11 is 0. The molecule has 2 aromatic heterocycles. The maximum Gasteiger partial charge on any atom is 0.259 e. The Bertz CT molecular complexity index is 1610. The van der Waals surface area contributed by atoms with Crippen LogP contribution in [0.4, 0.5) is 5.82 Å². The van der Waals surface area contributed by atoms with Crippen molar-refractivity contribution in [1.82, 2.24) is 24.8 Å². The molecule has 42 heavy (non-hydrogen) atoms.